The van der Waals surface area contributed by atoms with E-state index in [1.54, 1.807) is 48.5 Å². The van der Waals surface area contributed by atoms with Crippen LogP contribution in [0.1, 0.15) is 18.1 Å². The lowest BCUT2D eigenvalue weighted by Crippen LogP contribution is -2.40. The summed E-state index contributed by atoms with van der Waals surface area (Å²) < 4.78 is 33.9. The number of rotatable bonds is 7. The summed E-state index contributed by atoms with van der Waals surface area (Å²) >= 11 is 3.34. The third-order valence-electron chi connectivity index (χ3n) is 4.54. The second-order valence-corrected chi connectivity index (χ2v) is 9.44. The van der Waals surface area contributed by atoms with Crippen LogP contribution >= 0.6 is 15.9 Å². The quantitative estimate of drug-likeness (QED) is 0.463. The molecule has 0 radical (unpaired) electrons. The third-order valence-corrected chi connectivity index (χ3v) is 6.83. The maximum atomic E-state index is 13.3. The fraction of sp³-hybridized carbons (Fsp3) is 0.174. The molecule has 0 fully saturated rings. The van der Waals surface area contributed by atoms with Gasteiger partial charge >= 0.3 is 0 Å². The van der Waals surface area contributed by atoms with Gasteiger partial charge in [0.05, 0.1) is 10.6 Å². The second-order valence-electron chi connectivity index (χ2n) is 6.74. The molecule has 0 heterocycles. The van der Waals surface area contributed by atoms with E-state index in [0.29, 0.717) is 5.75 Å². The number of carbonyl (C=O) groups is 1. The summed E-state index contributed by atoms with van der Waals surface area (Å²) in [4.78, 5) is 13.1. The summed E-state index contributed by atoms with van der Waals surface area (Å²) in [7, 11) is -4.10. The molecular formula is C23H22BrNO4S. The summed E-state index contributed by atoms with van der Waals surface area (Å²) in [6.45, 7) is 3.46. The molecule has 3 aromatic carbocycles. The maximum absolute atomic E-state index is 13.3. The number of ether oxygens (including phenoxy) is 1. The first kappa shape index (κ1) is 22.1. The van der Waals surface area contributed by atoms with E-state index in [2.05, 4.69) is 15.9 Å². The Balaban J connectivity index is 1.94. The minimum Gasteiger partial charge on any atom is -0.484 e. The first-order valence-electron chi connectivity index (χ1n) is 9.43. The molecule has 0 atom stereocenters. The number of carbonyl (C=O) groups excluding carboxylic acids is 1. The van der Waals surface area contributed by atoms with Crippen molar-refractivity contribution in [3.05, 3.63) is 88.4 Å². The molecule has 0 saturated carbocycles. The maximum Gasteiger partial charge on any atom is 0.278 e. The largest absolute Gasteiger partial charge is 0.484 e. The summed E-state index contributed by atoms with van der Waals surface area (Å²) in [5, 5.41) is 0. The molecule has 0 spiro atoms. The third kappa shape index (κ3) is 5.09. The number of benzene rings is 3. The smallest absolute Gasteiger partial charge is 0.278 e. The molecule has 0 aliphatic rings. The van der Waals surface area contributed by atoms with Gasteiger partial charge in [-0.2, -0.15) is 4.31 Å². The Morgan fingerprint density at radius 3 is 2.10 bits per heavy atom. The second kappa shape index (κ2) is 9.45. The zero-order chi connectivity index (χ0) is 21.7. The molecule has 0 saturated heterocycles. The van der Waals surface area contributed by atoms with Crippen molar-refractivity contribution in [3.63, 3.8) is 0 Å². The summed E-state index contributed by atoms with van der Waals surface area (Å²) in [6.07, 6.45) is 0.811. The van der Waals surface area contributed by atoms with Gasteiger partial charge in [0, 0.05) is 4.47 Å². The van der Waals surface area contributed by atoms with E-state index >= 15 is 0 Å². The Morgan fingerprint density at radius 1 is 0.933 bits per heavy atom. The summed E-state index contributed by atoms with van der Waals surface area (Å²) in [5.74, 6) is -0.205. The predicted molar refractivity (Wildman–Crippen MR) is 121 cm³/mol. The van der Waals surface area contributed by atoms with Crippen LogP contribution < -0.4 is 9.04 Å². The van der Waals surface area contributed by atoms with Crippen molar-refractivity contribution in [1.82, 2.24) is 0 Å². The minimum absolute atomic E-state index is 0.0460. The van der Waals surface area contributed by atoms with Gasteiger partial charge in [0.15, 0.2) is 6.61 Å². The Bertz CT molecular complexity index is 1110. The first-order valence-corrected chi connectivity index (χ1v) is 11.7. The highest BCUT2D eigenvalue weighted by molar-refractivity contribution is 9.10. The molecule has 0 unspecified atom stereocenters. The molecule has 30 heavy (non-hydrogen) atoms. The van der Waals surface area contributed by atoms with Gasteiger partial charge in [-0.3, -0.25) is 4.79 Å². The average molecular weight is 488 g/mol. The monoisotopic (exact) mass is 487 g/mol. The van der Waals surface area contributed by atoms with Gasteiger partial charge in [-0.15, -0.1) is 0 Å². The zero-order valence-corrected chi connectivity index (χ0v) is 19.1. The number of nitrogens with zero attached hydrogens (tertiary/aromatic N) is 1. The summed E-state index contributed by atoms with van der Waals surface area (Å²) in [5.41, 5.74) is 2.25. The van der Waals surface area contributed by atoms with Crippen LogP contribution in [0.3, 0.4) is 0 Å². The van der Waals surface area contributed by atoms with Crippen molar-refractivity contribution in [2.75, 3.05) is 10.9 Å². The summed E-state index contributed by atoms with van der Waals surface area (Å²) in [6, 6.07) is 20.3. The number of halogens is 1. The molecule has 5 nitrogen and oxygen atoms in total. The van der Waals surface area contributed by atoms with Crippen molar-refractivity contribution in [2.45, 2.75) is 25.2 Å². The van der Waals surface area contributed by atoms with Gasteiger partial charge in [-0.05, 0) is 67.4 Å². The number of anilines is 1. The molecule has 0 aliphatic carbocycles. The van der Waals surface area contributed by atoms with Crippen LogP contribution in [-0.2, 0) is 21.2 Å². The molecule has 156 valence electrons. The van der Waals surface area contributed by atoms with E-state index in [1.165, 1.54) is 12.1 Å². The Morgan fingerprint density at radius 2 is 1.53 bits per heavy atom. The highest BCUT2D eigenvalue weighted by Crippen LogP contribution is 2.25. The van der Waals surface area contributed by atoms with Crippen LogP contribution in [0.15, 0.2) is 82.2 Å². The molecule has 0 aliphatic heterocycles. The molecule has 3 aromatic rings. The fourth-order valence-corrected chi connectivity index (χ4v) is 4.51. The van der Waals surface area contributed by atoms with Gasteiger partial charge in [-0.25, -0.2) is 8.42 Å². The van der Waals surface area contributed by atoms with Crippen molar-refractivity contribution in [1.29, 1.82) is 0 Å². The Labute approximate surface area is 185 Å². The van der Waals surface area contributed by atoms with E-state index in [1.807, 2.05) is 26.0 Å². The van der Waals surface area contributed by atoms with Crippen LogP contribution in [-0.4, -0.2) is 20.9 Å². The van der Waals surface area contributed by atoms with Crippen molar-refractivity contribution in [3.8, 4) is 5.75 Å². The molecule has 0 bridgehead atoms. The van der Waals surface area contributed by atoms with Crippen molar-refractivity contribution >= 4 is 37.5 Å². The van der Waals surface area contributed by atoms with E-state index in [-0.39, 0.29) is 10.6 Å². The number of sulfonamides is 1. The molecule has 1 amide bonds. The van der Waals surface area contributed by atoms with E-state index in [9.17, 15) is 13.2 Å². The number of amides is 1. The van der Waals surface area contributed by atoms with E-state index in [0.717, 1.165) is 26.3 Å². The number of aryl methyl sites for hydroxylation is 2. The highest BCUT2D eigenvalue weighted by atomic mass is 79.9. The van der Waals surface area contributed by atoms with Crippen LogP contribution in [0.2, 0.25) is 0 Å². The van der Waals surface area contributed by atoms with Crippen LogP contribution in [0, 0.1) is 6.92 Å². The van der Waals surface area contributed by atoms with Gasteiger partial charge < -0.3 is 4.74 Å². The lowest BCUT2D eigenvalue weighted by atomic mass is 10.1. The average Bonchev–Trinajstić information content (AvgIpc) is 2.74. The van der Waals surface area contributed by atoms with Crippen molar-refractivity contribution in [2.24, 2.45) is 0 Å². The van der Waals surface area contributed by atoms with Gasteiger partial charge in [0.2, 0.25) is 0 Å². The lowest BCUT2D eigenvalue weighted by Gasteiger charge is -2.23. The highest BCUT2D eigenvalue weighted by Gasteiger charge is 2.31. The van der Waals surface area contributed by atoms with Gasteiger partial charge in [0.25, 0.3) is 15.9 Å². The van der Waals surface area contributed by atoms with Crippen LogP contribution in [0.5, 0.6) is 5.75 Å². The normalized spacial score (nSPS) is 11.2. The molecule has 7 heteroatoms. The first-order chi connectivity index (χ1) is 14.3. The fourth-order valence-electron chi connectivity index (χ4n) is 2.83. The van der Waals surface area contributed by atoms with E-state index in [4.69, 9.17) is 4.74 Å². The van der Waals surface area contributed by atoms with Crippen LogP contribution in [0.25, 0.3) is 0 Å². The van der Waals surface area contributed by atoms with Gasteiger partial charge in [-0.1, -0.05) is 52.7 Å². The molecule has 0 N–H and O–H groups in total. The SMILES string of the molecule is CCc1ccc(N(C(=O)COc2ccc(Br)cc2)S(=O)(=O)c2ccc(C)cc2)cc1. The number of hydrogen-bond donors (Lipinski definition) is 0. The number of hydrogen-bond acceptors (Lipinski definition) is 4. The topological polar surface area (TPSA) is 63.7 Å². The molecule has 3 rings (SSSR count). The predicted octanol–water partition coefficient (Wildman–Crippen LogP) is 5.12. The van der Waals surface area contributed by atoms with Crippen LogP contribution in [0.4, 0.5) is 5.69 Å². The Hall–Kier alpha value is -2.64. The molecule has 0 aromatic heterocycles. The Kier molecular flexibility index (Phi) is 6.95. The zero-order valence-electron chi connectivity index (χ0n) is 16.7. The van der Waals surface area contributed by atoms with Gasteiger partial charge in [0.1, 0.15) is 5.75 Å². The minimum atomic E-state index is -4.10. The van der Waals surface area contributed by atoms with Crippen molar-refractivity contribution < 1.29 is 17.9 Å². The lowest BCUT2D eigenvalue weighted by molar-refractivity contribution is -0.119. The molecular weight excluding hydrogens is 466 g/mol. The standard InChI is InChI=1S/C23H22BrNO4S/c1-3-18-6-10-20(11-7-18)25(30(27,28)22-14-4-17(2)5-15-22)23(26)16-29-21-12-8-19(24)9-13-21/h4-15H,3,16H2,1-2H3. The van der Waals surface area contributed by atoms with E-state index < -0.39 is 22.5 Å².